The Kier molecular flexibility index (Phi) is 6.87. The van der Waals surface area contributed by atoms with Gasteiger partial charge in [-0.1, -0.05) is 12.1 Å². The minimum Gasteiger partial charge on any atom is -0.497 e. The molecule has 1 saturated heterocycles. The van der Waals surface area contributed by atoms with E-state index in [1.807, 2.05) is 30.3 Å². The molecule has 0 saturated carbocycles. The topological polar surface area (TPSA) is 88.5 Å². The Bertz CT molecular complexity index is 1130. The third kappa shape index (κ3) is 5.49. The van der Waals surface area contributed by atoms with Crippen molar-refractivity contribution in [1.82, 2.24) is 25.3 Å². The van der Waals surface area contributed by atoms with Crippen LogP contribution in [0.25, 0.3) is 16.9 Å². The molecule has 1 fully saturated rings. The molecule has 4 rings (SSSR count). The molecule has 0 bridgehead atoms. The maximum atomic E-state index is 13.4. The van der Waals surface area contributed by atoms with Gasteiger partial charge in [0, 0.05) is 44.6 Å². The predicted molar refractivity (Wildman–Crippen MR) is 122 cm³/mol. The Balaban J connectivity index is 1.46. The number of aromatic nitrogens is 2. The summed E-state index contributed by atoms with van der Waals surface area (Å²) in [5.41, 5.74) is 3.17. The summed E-state index contributed by atoms with van der Waals surface area (Å²) in [5.74, 6) is 0.290. The molecular weight excluding hydrogens is 425 g/mol. The Labute approximate surface area is 191 Å². The maximum absolute atomic E-state index is 13.4. The number of hydrogen-bond acceptors (Lipinski definition) is 4. The molecule has 172 valence electrons. The maximum Gasteiger partial charge on any atom is 0.317 e. The number of hydrogen-bond donors (Lipinski definition) is 2. The van der Waals surface area contributed by atoms with Crippen molar-refractivity contribution < 1.29 is 18.7 Å². The lowest BCUT2D eigenvalue weighted by molar-refractivity contribution is -0.121. The molecule has 0 unspecified atom stereocenters. The lowest BCUT2D eigenvalue weighted by atomic mass is 10.1. The van der Waals surface area contributed by atoms with Crippen LogP contribution in [0.3, 0.4) is 0 Å². The van der Waals surface area contributed by atoms with E-state index in [-0.39, 0.29) is 24.2 Å². The van der Waals surface area contributed by atoms with Crippen LogP contribution in [-0.4, -0.2) is 59.9 Å². The fourth-order valence-corrected chi connectivity index (χ4v) is 3.70. The summed E-state index contributed by atoms with van der Waals surface area (Å²) in [5, 5.41) is 10.3. The van der Waals surface area contributed by atoms with Crippen LogP contribution >= 0.6 is 0 Å². The predicted octanol–water partition coefficient (Wildman–Crippen LogP) is 2.76. The van der Waals surface area contributed by atoms with Gasteiger partial charge >= 0.3 is 6.03 Å². The molecule has 9 heteroatoms. The number of ether oxygens (including phenoxy) is 1. The van der Waals surface area contributed by atoms with Crippen LogP contribution in [0.4, 0.5) is 9.18 Å². The van der Waals surface area contributed by atoms with Gasteiger partial charge in [0.05, 0.1) is 24.2 Å². The number of urea groups is 1. The summed E-state index contributed by atoms with van der Waals surface area (Å²) in [6.07, 6.45) is 0.714. The number of aryl methyl sites for hydroxylation is 1. The number of methoxy groups -OCH3 is 1. The Morgan fingerprint density at radius 2 is 2.03 bits per heavy atom. The third-order valence-corrected chi connectivity index (χ3v) is 5.45. The van der Waals surface area contributed by atoms with Crippen molar-refractivity contribution >= 4 is 11.9 Å². The number of carbonyl (C=O) groups is 2. The third-order valence-electron chi connectivity index (χ3n) is 5.45. The number of rotatable bonds is 9. The summed E-state index contributed by atoms with van der Waals surface area (Å²) >= 11 is 0. The molecule has 33 heavy (non-hydrogen) atoms. The van der Waals surface area contributed by atoms with Gasteiger partial charge in [0.2, 0.25) is 5.91 Å². The van der Waals surface area contributed by atoms with E-state index in [4.69, 9.17) is 4.74 Å². The standard InChI is InChI=1S/C24H26FN5O3/c1-33-21-4-2-3-17(15-21)22-16-19(28-30(22)20-8-5-18(25)6-9-20)7-10-23(31)26-11-13-29-14-12-27-24(29)32/h2-6,8-9,15-16H,7,10-14H2,1H3,(H,26,31)(H,27,32). The minimum absolute atomic E-state index is 0.0966. The fourth-order valence-electron chi connectivity index (χ4n) is 3.70. The summed E-state index contributed by atoms with van der Waals surface area (Å²) in [6, 6.07) is 15.5. The second kappa shape index (κ2) is 10.2. The molecule has 1 aliphatic rings. The van der Waals surface area contributed by atoms with Crippen molar-refractivity contribution in [2.24, 2.45) is 0 Å². The first-order chi connectivity index (χ1) is 16.0. The molecule has 0 atom stereocenters. The first-order valence-electron chi connectivity index (χ1n) is 10.8. The molecule has 0 aliphatic carbocycles. The quantitative estimate of drug-likeness (QED) is 0.524. The highest BCUT2D eigenvalue weighted by atomic mass is 19.1. The second-order valence-corrected chi connectivity index (χ2v) is 7.71. The van der Waals surface area contributed by atoms with Gasteiger partial charge in [-0.25, -0.2) is 13.9 Å². The first-order valence-corrected chi connectivity index (χ1v) is 10.8. The molecule has 8 nitrogen and oxygen atoms in total. The second-order valence-electron chi connectivity index (χ2n) is 7.71. The van der Waals surface area contributed by atoms with E-state index < -0.39 is 0 Å². The van der Waals surface area contributed by atoms with Gasteiger partial charge in [-0.2, -0.15) is 5.10 Å². The number of carbonyl (C=O) groups excluding carboxylic acids is 2. The van der Waals surface area contributed by atoms with E-state index in [1.54, 1.807) is 28.8 Å². The van der Waals surface area contributed by atoms with E-state index in [0.717, 1.165) is 17.0 Å². The van der Waals surface area contributed by atoms with E-state index in [9.17, 15) is 14.0 Å². The normalized spacial score (nSPS) is 13.2. The lowest BCUT2D eigenvalue weighted by Gasteiger charge is -2.14. The zero-order valence-corrected chi connectivity index (χ0v) is 18.4. The van der Waals surface area contributed by atoms with Gasteiger partial charge < -0.3 is 20.3 Å². The number of halogens is 1. The highest BCUT2D eigenvalue weighted by Gasteiger charge is 2.19. The Morgan fingerprint density at radius 1 is 1.21 bits per heavy atom. The Morgan fingerprint density at radius 3 is 2.76 bits per heavy atom. The van der Waals surface area contributed by atoms with E-state index >= 15 is 0 Å². The summed E-state index contributed by atoms with van der Waals surface area (Å²) in [7, 11) is 1.61. The van der Waals surface area contributed by atoms with Crippen molar-refractivity contribution in [1.29, 1.82) is 0 Å². The Hall–Kier alpha value is -3.88. The van der Waals surface area contributed by atoms with E-state index in [2.05, 4.69) is 15.7 Å². The molecule has 2 N–H and O–H groups in total. The van der Waals surface area contributed by atoms with Gasteiger partial charge in [-0.05, 0) is 42.5 Å². The molecule has 1 aliphatic heterocycles. The highest BCUT2D eigenvalue weighted by molar-refractivity contribution is 5.77. The largest absolute Gasteiger partial charge is 0.497 e. The molecule has 0 spiro atoms. The molecule has 0 radical (unpaired) electrons. The number of nitrogens with zero attached hydrogens (tertiary/aromatic N) is 3. The lowest BCUT2D eigenvalue weighted by Crippen LogP contribution is -2.36. The zero-order valence-electron chi connectivity index (χ0n) is 18.4. The molecule has 1 aromatic heterocycles. The van der Waals surface area contributed by atoms with Crippen molar-refractivity contribution in [2.45, 2.75) is 12.8 Å². The van der Waals surface area contributed by atoms with Crippen LogP contribution in [0.1, 0.15) is 12.1 Å². The fraction of sp³-hybridized carbons (Fsp3) is 0.292. The van der Waals surface area contributed by atoms with E-state index in [0.29, 0.717) is 44.0 Å². The van der Waals surface area contributed by atoms with Gasteiger partial charge in [-0.3, -0.25) is 4.79 Å². The van der Waals surface area contributed by atoms with Gasteiger partial charge in [-0.15, -0.1) is 0 Å². The summed E-state index contributed by atoms with van der Waals surface area (Å²) in [4.78, 5) is 25.5. The monoisotopic (exact) mass is 451 g/mol. The van der Waals surface area contributed by atoms with Crippen molar-refractivity contribution in [2.75, 3.05) is 33.3 Å². The molecular formula is C24H26FN5O3. The van der Waals surface area contributed by atoms with Crippen LogP contribution < -0.4 is 15.4 Å². The number of benzene rings is 2. The molecule has 3 aromatic rings. The molecule has 3 amide bonds. The average Bonchev–Trinajstić information content (AvgIpc) is 3.44. The number of nitrogens with one attached hydrogen (secondary N) is 2. The minimum atomic E-state index is -0.322. The summed E-state index contributed by atoms with van der Waals surface area (Å²) in [6.45, 7) is 2.18. The van der Waals surface area contributed by atoms with Crippen LogP contribution in [0.15, 0.2) is 54.6 Å². The number of amides is 3. The van der Waals surface area contributed by atoms with Gasteiger partial charge in [0.15, 0.2) is 0 Å². The molecule has 2 aromatic carbocycles. The average molecular weight is 452 g/mol. The van der Waals surface area contributed by atoms with Crippen LogP contribution in [-0.2, 0) is 11.2 Å². The van der Waals surface area contributed by atoms with Crippen LogP contribution in [0.2, 0.25) is 0 Å². The van der Waals surface area contributed by atoms with Gasteiger partial charge in [0.1, 0.15) is 11.6 Å². The highest BCUT2D eigenvalue weighted by Crippen LogP contribution is 2.27. The first kappa shape index (κ1) is 22.3. The van der Waals surface area contributed by atoms with Crippen molar-refractivity contribution in [3.63, 3.8) is 0 Å². The van der Waals surface area contributed by atoms with E-state index in [1.165, 1.54) is 12.1 Å². The summed E-state index contributed by atoms with van der Waals surface area (Å²) < 4.78 is 20.5. The smallest absolute Gasteiger partial charge is 0.317 e. The zero-order chi connectivity index (χ0) is 23.2. The van der Waals surface area contributed by atoms with Crippen LogP contribution in [0, 0.1) is 5.82 Å². The van der Waals surface area contributed by atoms with Gasteiger partial charge in [0.25, 0.3) is 0 Å². The van der Waals surface area contributed by atoms with Crippen molar-refractivity contribution in [3.8, 4) is 22.7 Å². The SMILES string of the molecule is COc1cccc(-c2cc(CCC(=O)NCCN3CCNC3=O)nn2-c2ccc(F)cc2)c1. The van der Waals surface area contributed by atoms with Crippen LogP contribution in [0.5, 0.6) is 5.75 Å². The van der Waals surface area contributed by atoms with Crippen molar-refractivity contribution in [3.05, 3.63) is 66.1 Å². The molecule has 2 heterocycles.